The van der Waals surface area contributed by atoms with Gasteiger partial charge in [0.15, 0.2) is 0 Å². The van der Waals surface area contributed by atoms with Gasteiger partial charge in [0.25, 0.3) is 5.91 Å². The molecule has 0 aliphatic carbocycles. The van der Waals surface area contributed by atoms with Crippen LogP contribution in [-0.4, -0.2) is 22.0 Å². The lowest BCUT2D eigenvalue weighted by molar-refractivity contribution is 0.0948. The maximum absolute atomic E-state index is 12.0. The highest BCUT2D eigenvalue weighted by Gasteiger charge is 2.10. The van der Waals surface area contributed by atoms with Crippen LogP contribution in [0.25, 0.3) is 0 Å². The van der Waals surface area contributed by atoms with Crippen molar-refractivity contribution in [1.82, 2.24) is 15.5 Å². The molecule has 0 aliphatic heterocycles. The maximum Gasteiger partial charge on any atom is 0.251 e. The summed E-state index contributed by atoms with van der Waals surface area (Å²) >= 11 is 1.49. The number of primary amides is 1. The van der Waals surface area contributed by atoms with E-state index in [0.29, 0.717) is 23.6 Å². The fraction of sp³-hybridized carbons (Fsp3) is 0.286. The lowest BCUT2D eigenvalue weighted by Gasteiger charge is -2.03. The normalized spacial score (nSPS) is 10.6. The quantitative estimate of drug-likeness (QED) is 0.878. The molecule has 1 heterocycles. The van der Waals surface area contributed by atoms with E-state index >= 15 is 0 Å². The molecule has 2 amide bonds. The molecule has 0 spiro atoms. The zero-order valence-electron chi connectivity index (χ0n) is 11.8. The number of hydrogen-bond donors (Lipinski definition) is 2. The third-order valence-corrected chi connectivity index (χ3v) is 4.03. The first-order valence-electron chi connectivity index (χ1n) is 6.47. The largest absolute Gasteiger partial charge is 0.366 e. The molecule has 0 atom stereocenters. The molecule has 3 N–H and O–H groups in total. The average molecular weight is 304 g/mol. The van der Waals surface area contributed by atoms with Crippen molar-refractivity contribution in [2.24, 2.45) is 5.73 Å². The van der Waals surface area contributed by atoms with E-state index in [4.69, 9.17) is 5.73 Å². The lowest BCUT2D eigenvalue weighted by atomic mass is 10.1. The number of carbonyl (C=O) groups excluding carboxylic acids is 2. The number of carbonyl (C=O) groups is 2. The second-order valence-corrected chi connectivity index (χ2v) is 5.91. The first-order chi connectivity index (χ1) is 9.97. The highest BCUT2D eigenvalue weighted by molar-refractivity contribution is 7.11. The molecule has 0 unspecified atom stereocenters. The van der Waals surface area contributed by atoms with Gasteiger partial charge in [0.2, 0.25) is 5.91 Å². The molecule has 0 fully saturated rings. The van der Waals surface area contributed by atoms with E-state index in [2.05, 4.69) is 15.5 Å². The Morgan fingerprint density at radius 2 is 1.81 bits per heavy atom. The Bertz CT molecular complexity index is 649. The van der Waals surface area contributed by atoms with Crippen LogP contribution in [0.3, 0.4) is 0 Å². The smallest absolute Gasteiger partial charge is 0.251 e. The standard InChI is InChI=1S/C14H16N4O2S/c1-8(2)14-18-17-11(21-14)7-16-13(20)10-5-3-9(4-6-10)12(15)19/h3-6,8H,7H2,1-2H3,(H2,15,19)(H,16,20). The highest BCUT2D eigenvalue weighted by Crippen LogP contribution is 2.18. The monoisotopic (exact) mass is 304 g/mol. The summed E-state index contributed by atoms with van der Waals surface area (Å²) in [5.41, 5.74) is 5.99. The van der Waals surface area contributed by atoms with Crippen molar-refractivity contribution in [1.29, 1.82) is 0 Å². The van der Waals surface area contributed by atoms with Gasteiger partial charge in [-0.05, 0) is 24.3 Å². The maximum atomic E-state index is 12.0. The highest BCUT2D eigenvalue weighted by atomic mass is 32.1. The minimum Gasteiger partial charge on any atom is -0.366 e. The van der Waals surface area contributed by atoms with Crippen molar-refractivity contribution in [3.05, 3.63) is 45.4 Å². The Morgan fingerprint density at radius 3 is 2.33 bits per heavy atom. The Labute approximate surface area is 126 Å². The van der Waals surface area contributed by atoms with Crippen LogP contribution in [-0.2, 0) is 6.54 Å². The van der Waals surface area contributed by atoms with E-state index in [-0.39, 0.29) is 5.91 Å². The second kappa shape index (κ2) is 6.45. The van der Waals surface area contributed by atoms with E-state index in [1.54, 1.807) is 12.1 Å². The molecule has 2 rings (SSSR count). The number of amides is 2. The molecule has 110 valence electrons. The van der Waals surface area contributed by atoms with Gasteiger partial charge in [-0.1, -0.05) is 25.2 Å². The van der Waals surface area contributed by atoms with E-state index < -0.39 is 5.91 Å². The Balaban J connectivity index is 1.96. The second-order valence-electron chi connectivity index (χ2n) is 4.81. The molecular formula is C14H16N4O2S. The van der Waals surface area contributed by atoms with Crippen molar-refractivity contribution in [3.63, 3.8) is 0 Å². The minimum absolute atomic E-state index is 0.229. The number of hydrogen-bond acceptors (Lipinski definition) is 5. The van der Waals surface area contributed by atoms with Crippen LogP contribution < -0.4 is 11.1 Å². The molecule has 0 bridgehead atoms. The zero-order chi connectivity index (χ0) is 15.4. The van der Waals surface area contributed by atoms with Crippen molar-refractivity contribution in [2.45, 2.75) is 26.3 Å². The molecule has 0 aliphatic rings. The van der Waals surface area contributed by atoms with E-state index in [0.717, 1.165) is 10.0 Å². The first-order valence-corrected chi connectivity index (χ1v) is 7.29. The summed E-state index contributed by atoms with van der Waals surface area (Å²) in [6, 6.07) is 6.18. The molecule has 0 saturated heterocycles. The van der Waals surface area contributed by atoms with Crippen LogP contribution in [0.2, 0.25) is 0 Å². The molecule has 0 radical (unpaired) electrons. The Hall–Kier alpha value is -2.28. The third-order valence-electron chi connectivity index (χ3n) is 2.81. The van der Waals surface area contributed by atoms with Crippen LogP contribution in [0.5, 0.6) is 0 Å². The van der Waals surface area contributed by atoms with Crippen molar-refractivity contribution in [3.8, 4) is 0 Å². The predicted octanol–water partition coefficient (Wildman–Crippen LogP) is 1.69. The van der Waals surface area contributed by atoms with E-state index in [1.807, 2.05) is 13.8 Å². The molecule has 6 nitrogen and oxygen atoms in total. The zero-order valence-corrected chi connectivity index (χ0v) is 12.6. The van der Waals surface area contributed by atoms with Gasteiger partial charge in [-0.15, -0.1) is 10.2 Å². The molecule has 1 aromatic carbocycles. The van der Waals surface area contributed by atoms with Crippen molar-refractivity contribution < 1.29 is 9.59 Å². The third kappa shape index (κ3) is 3.85. The van der Waals surface area contributed by atoms with Crippen LogP contribution >= 0.6 is 11.3 Å². The summed E-state index contributed by atoms with van der Waals surface area (Å²) in [5, 5.41) is 12.6. The van der Waals surface area contributed by atoms with Crippen LogP contribution in [0.4, 0.5) is 0 Å². The Kier molecular flexibility index (Phi) is 4.64. The van der Waals surface area contributed by atoms with Gasteiger partial charge in [-0.2, -0.15) is 0 Å². The van der Waals surface area contributed by atoms with Crippen LogP contribution in [0, 0.1) is 0 Å². The van der Waals surface area contributed by atoms with Crippen molar-refractivity contribution >= 4 is 23.2 Å². The minimum atomic E-state index is -0.517. The van der Waals surface area contributed by atoms with Crippen LogP contribution in [0.1, 0.15) is 50.5 Å². The van der Waals surface area contributed by atoms with Gasteiger partial charge in [0.05, 0.1) is 6.54 Å². The van der Waals surface area contributed by atoms with E-state index in [9.17, 15) is 9.59 Å². The molecule has 1 aromatic heterocycles. The number of rotatable bonds is 5. The molecule has 0 saturated carbocycles. The first kappa shape index (κ1) is 15.1. The predicted molar refractivity (Wildman–Crippen MR) is 80.1 cm³/mol. The summed E-state index contributed by atoms with van der Waals surface area (Å²) in [7, 11) is 0. The fourth-order valence-electron chi connectivity index (χ4n) is 1.62. The number of nitrogens with two attached hydrogens (primary N) is 1. The number of benzene rings is 1. The number of aromatic nitrogens is 2. The average Bonchev–Trinajstić information content (AvgIpc) is 2.94. The summed E-state index contributed by atoms with van der Waals surface area (Å²) in [6.45, 7) is 4.42. The fourth-order valence-corrected chi connectivity index (χ4v) is 2.40. The van der Waals surface area contributed by atoms with Gasteiger partial charge in [-0.25, -0.2) is 0 Å². The SMILES string of the molecule is CC(C)c1nnc(CNC(=O)c2ccc(C(N)=O)cc2)s1. The summed E-state index contributed by atoms with van der Waals surface area (Å²) < 4.78 is 0. The molecular weight excluding hydrogens is 288 g/mol. The molecule has 2 aromatic rings. The van der Waals surface area contributed by atoms with Crippen LogP contribution in [0.15, 0.2) is 24.3 Å². The summed E-state index contributed by atoms with van der Waals surface area (Å²) in [4.78, 5) is 22.9. The number of nitrogens with zero attached hydrogens (tertiary/aromatic N) is 2. The molecule has 7 heteroatoms. The van der Waals surface area contributed by atoms with Gasteiger partial charge < -0.3 is 11.1 Å². The Morgan fingerprint density at radius 1 is 1.19 bits per heavy atom. The lowest BCUT2D eigenvalue weighted by Crippen LogP contribution is -2.23. The summed E-state index contributed by atoms with van der Waals surface area (Å²) in [5.74, 6) is -0.419. The van der Waals surface area contributed by atoms with E-state index in [1.165, 1.54) is 23.5 Å². The van der Waals surface area contributed by atoms with Gasteiger partial charge in [0.1, 0.15) is 10.0 Å². The van der Waals surface area contributed by atoms with Gasteiger partial charge >= 0.3 is 0 Å². The van der Waals surface area contributed by atoms with Gasteiger partial charge in [0, 0.05) is 17.0 Å². The summed E-state index contributed by atoms with van der Waals surface area (Å²) in [6.07, 6.45) is 0. The topological polar surface area (TPSA) is 98.0 Å². The molecule has 21 heavy (non-hydrogen) atoms. The van der Waals surface area contributed by atoms with Gasteiger partial charge in [-0.3, -0.25) is 9.59 Å². The van der Waals surface area contributed by atoms with Crippen molar-refractivity contribution in [2.75, 3.05) is 0 Å². The number of nitrogens with one attached hydrogen (secondary N) is 1.